The summed E-state index contributed by atoms with van der Waals surface area (Å²) in [7, 11) is 3.91. The first kappa shape index (κ1) is 15.1. The highest BCUT2D eigenvalue weighted by Crippen LogP contribution is 2.30. The molecule has 5 nitrogen and oxygen atoms in total. The molecule has 0 aromatic heterocycles. The van der Waals surface area contributed by atoms with Crippen LogP contribution in [0.25, 0.3) is 0 Å². The van der Waals surface area contributed by atoms with E-state index in [0.29, 0.717) is 26.3 Å². The topological polar surface area (TPSA) is 54.0 Å². The van der Waals surface area contributed by atoms with Crippen molar-refractivity contribution in [1.82, 2.24) is 10.2 Å². The highest BCUT2D eigenvalue weighted by Gasteiger charge is 2.11. The van der Waals surface area contributed by atoms with Gasteiger partial charge in [0.1, 0.15) is 13.2 Å². The summed E-state index contributed by atoms with van der Waals surface area (Å²) in [6.45, 7) is 3.37. The summed E-state index contributed by atoms with van der Waals surface area (Å²) in [6, 6.07) is 6.06. The van der Waals surface area contributed by atoms with Crippen LogP contribution >= 0.6 is 0 Å². The fourth-order valence-electron chi connectivity index (χ4n) is 2.23. The molecule has 2 rings (SSSR count). The van der Waals surface area contributed by atoms with E-state index in [1.807, 2.05) is 31.1 Å². The SMILES string of the molecule is CN(C)CC(O)CNCCc1ccc2c(c1)OCCO2. The van der Waals surface area contributed by atoms with Crippen LogP contribution in [0.2, 0.25) is 0 Å². The van der Waals surface area contributed by atoms with E-state index in [2.05, 4.69) is 11.4 Å². The van der Waals surface area contributed by atoms with Gasteiger partial charge in [0.05, 0.1) is 6.10 Å². The summed E-state index contributed by atoms with van der Waals surface area (Å²) in [4.78, 5) is 1.98. The molecule has 0 fully saturated rings. The Morgan fingerprint density at radius 1 is 1.25 bits per heavy atom. The number of fused-ring (bicyclic) bond motifs is 1. The van der Waals surface area contributed by atoms with Crippen molar-refractivity contribution >= 4 is 0 Å². The summed E-state index contributed by atoms with van der Waals surface area (Å²) in [5, 5.41) is 13.0. The Morgan fingerprint density at radius 2 is 2.00 bits per heavy atom. The molecule has 2 N–H and O–H groups in total. The van der Waals surface area contributed by atoms with Gasteiger partial charge in [0.25, 0.3) is 0 Å². The van der Waals surface area contributed by atoms with Crippen LogP contribution < -0.4 is 14.8 Å². The van der Waals surface area contributed by atoms with Crippen LogP contribution in [0.4, 0.5) is 0 Å². The molecule has 0 bridgehead atoms. The zero-order valence-electron chi connectivity index (χ0n) is 12.3. The standard InChI is InChI=1S/C15H24N2O3/c1-17(2)11-13(18)10-16-6-5-12-3-4-14-15(9-12)20-8-7-19-14/h3-4,9,13,16,18H,5-8,10-11H2,1-2H3. The number of nitrogens with zero attached hydrogens (tertiary/aromatic N) is 1. The van der Waals surface area contributed by atoms with Crippen molar-refractivity contribution in [2.75, 3.05) is 46.9 Å². The van der Waals surface area contributed by atoms with Crippen LogP contribution in [0.5, 0.6) is 11.5 Å². The monoisotopic (exact) mass is 280 g/mol. The van der Waals surface area contributed by atoms with Gasteiger partial charge in [-0.2, -0.15) is 0 Å². The van der Waals surface area contributed by atoms with Crippen LogP contribution in [-0.2, 0) is 6.42 Å². The summed E-state index contributed by atoms with van der Waals surface area (Å²) < 4.78 is 11.1. The second kappa shape index (κ2) is 7.47. The van der Waals surface area contributed by atoms with Crippen LogP contribution in [0.1, 0.15) is 5.56 Å². The van der Waals surface area contributed by atoms with Gasteiger partial charge < -0.3 is 24.8 Å². The number of nitrogens with one attached hydrogen (secondary N) is 1. The Kier molecular flexibility index (Phi) is 5.64. The molecular formula is C15H24N2O3. The fourth-order valence-corrected chi connectivity index (χ4v) is 2.23. The Morgan fingerprint density at radius 3 is 2.75 bits per heavy atom. The molecule has 1 aliphatic heterocycles. The molecule has 1 unspecified atom stereocenters. The number of ether oxygens (including phenoxy) is 2. The average Bonchev–Trinajstić information content (AvgIpc) is 2.43. The zero-order chi connectivity index (χ0) is 14.4. The largest absolute Gasteiger partial charge is 0.486 e. The van der Waals surface area contributed by atoms with Gasteiger partial charge in [-0.25, -0.2) is 0 Å². The number of aliphatic hydroxyl groups is 1. The fraction of sp³-hybridized carbons (Fsp3) is 0.600. The lowest BCUT2D eigenvalue weighted by Gasteiger charge is -2.19. The van der Waals surface area contributed by atoms with E-state index in [-0.39, 0.29) is 6.10 Å². The second-order valence-electron chi connectivity index (χ2n) is 5.35. The van der Waals surface area contributed by atoms with Gasteiger partial charge >= 0.3 is 0 Å². The maximum absolute atomic E-state index is 9.73. The summed E-state index contributed by atoms with van der Waals surface area (Å²) >= 11 is 0. The molecule has 1 aromatic rings. The lowest BCUT2D eigenvalue weighted by Crippen LogP contribution is -2.35. The number of aliphatic hydroxyl groups excluding tert-OH is 1. The van der Waals surface area contributed by atoms with Crippen molar-refractivity contribution in [1.29, 1.82) is 0 Å². The first-order valence-electron chi connectivity index (χ1n) is 7.07. The third-order valence-electron chi connectivity index (χ3n) is 3.15. The molecule has 0 spiro atoms. The van der Waals surface area contributed by atoms with Gasteiger partial charge in [-0.15, -0.1) is 0 Å². The molecule has 0 saturated heterocycles. The normalized spacial score (nSPS) is 15.4. The molecule has 1 atom stereocenters. The lowest BCUT2D eigenvalue weighted by atomic mass is 10.1. The van der Waals surface area contributed by atoms with Crippen molar-refractivity contribution < 1.29 is 14.6 Å². The minimum atomic E-state index is -0.328. The van der Waals surface area contributed by atoms with Crippen LogP contribution in [0.3, 0.4) is 0 Å². The summed E-state index contributed by atoms with van der Waals surface area (Å²) in [5.41, 5.74) is 1.21. The van der Waals surface area contributed by atoms with Crippen LogP contribution in [-0.4, -0.2) is 63.1 Å². The molecule has 0 saturated carbocycles. The van der Waals surface area contributed by atoms with E-state index < -0.39 is 0 Å². The molecule has 1 aromatic carbocycles. The first-order valence-corrected chi connectivity index (χ1v) is 7.07. The quantitative estimate of drug-likeness (QED) is 0.713. The predicted molar refractivity (Wildman–Crippen MR) is 78.6 cm³/mol. The highest BCUT2D eigenvalue weighted by atomic mass is 16.6. The maximum atomic E-state index is 9.73. The number of hydrogen-bond donors (Lipinski definition) is 2. The third kappa shape index (κ3) is 4.67. The highest BCUT2D eigenvalue weighted by molar-refractivity contribution is 5.43. The van der Waals surface area contributed by atoms with Gasteiger partial charge in [-0.05, 0) is 44.8 Å². The van der Waals surface area contributed by atoms with Crippen molar-refractivity contribution in [3.05, 3.63) is 23.8 Å². The Bertz CT molecular complexity index is 424. The lowest BCUT2D eigenvalue weighted by molar-refractivity contribution is 0.135. The average molecular weight is 280 g/mol. The van der Waals surface area contributed by atoms with Crippen molar-refractivity contribution in [2.45, 2.75) is 12.5 Å². The molecule has 1 heterocycles. The second-order valence-corrected chi connectivity index (χ2v) is 5.35. The van der Waals surface area contributed by atoms with Crippen molar-refractivity contribution in [3.63, 3.8) is 0 Å². The smallest absolute Gasteiger partial charge is 0.161 e. The zero-order valence-corrected chi connectivity index (χ0v) is 12.3. The summed E-state index contributed by atoms with van der Waals surface area (Å²) in [5.74, 6) is 1.66. The number of rotatable bonds is 7. The van der Waals surface area contributed by atoms with Crippen LogP contribution in [0.15, 0.2) is 18.2 Å². The van der Waals surface area contributed by atoms with Gasteiger partial charge in [0.15, 0.2) is 11.5 Å². The molecule has 1 aliphatic rings. The van der Waals surface area contributed by atoms with E-state index in [1.54, 1.807) is 0 Å². The predicted octanol–water partition coefficient (Wildman–Crippen LogP) is 0.512. The van der Waals surface area contributed by atoms with E-state index in [4.69, 9.17) is 9.47 Å². The Balaban J connectivity index is 1.72. The van der Waals surface area contributed by atoms with Crippen LogP contribution in [0, 0.1) is 0 Å². The molecular weight excluding hydrogens is 256 g/mol. The van der Waals surface area contributed by atoms with Crippen molar-refractivity contribution in [2.24, 2.45) is 0 Å². The first-order chi connectivity index (χ1) is 9.65. The van der Waals surface area contributed by atoms with E-state index in [1.165, 1.54) is 5.56 Å². The van der Waals surface area contributed by atoms with Gasteiger partial charge in [-0.1, -0.05) is 6.07 Å². The van der Waals surface area contributed by atoms with Gasteiger partial charge in [0, 0.05) is 13.1 Å². The molecule has 112 valence electrons. The Hall–Kier alpha value is -1.30. The maximum Gasteiger partial charge on any atom is 0.161 e. The summed E-state index contributed by atoms with van der Waals surface area (Å²) in [6.07, 6.45) is 0.580. The van der Waals surface area contributed by atoms with E-state index in [0.717, 1.165) is 24.5 Å². The molecule has 5 heteroatoms. The van der Waals surface area contributed by atoms with Gasteiger partial charge in [0.2, 0.25) is 0 Å². The molecule has 0 aliphatic carbocycles. The minimum Gasteiger partial charge on any atom is -0.486 e. The number of benzene rings is 1. The third-order valence-corrected chi connectivity index (χ3v) is 3.15. The van der Waals surface area contributed by atoms with E-state index in [9.17, 15) is 5.11 Å². The molecule has 20 heavy (non-hydrogen) atoms. The molecule has 0 amide bonds. The molecule has 0 radical (unpaired) electrons. The minimum absolute atomic E-state index is 0.328. The number of hydrogen-bond acceptors (Lipinski definition) is 5. The number of likely N-dealkylation sites (N-methyl/N-ethyl adjacent to an activating group) is 1. The van der Waals surface area contributed by atoms with E-state index >= 15 is 0 Å². The van der Waals surface area contributed by atoms with Crippen molar-refractivity contribution in [3.8, 4) is 11.5 Å². The Labute approximate surface area is 120 Å². The van der Waals surface area contributed by atoms with Gasteiger partial charge in [-0.3, -0.25) is 0 Å².